The van der Waals surface area contributed by atoms with Gasteiger partial charge in [0.05, 0.1) is 12.1 Å². The summed E-state index contributed by atoms with van der Waals surface area (Å²) in [4.78, 5) is 11.5. The van der Waals surface area contributed by atoms with Crippen LogP contribution in [0.2, 0.25) is 0 Å². The van der Waals surface area contributed by atoms with Gasteiger partial charge in [-0.25, -0.2) is 0 Å². The first kappa shape index (κ1) is 13.8. The fraction of sp³-hybridized carbons (Fsp3) is 0.909. The lowest BCUT2D eigenvalue weighted by molar-refractivity contribution is -0.124. The number of thioether (sulfide) groups is 1. The highest BCUT2D eigenvalue weighted by molar-refractivity contribution is 8.00. The summed E-state index contributed by atoms with van der Waals surface area (Å²) in [6, 6.07) is 0. The SMILES string of the molecule is CCNC1(C(N)=O)CCC(SC(C)CO)C1. The van der Waals surface area contributed by atoms with Crippen LogP contribution in [-0.2, 0) is 4.79 Å². The number of carbonyl (C=O) groups excluding carboxylic acids is 1. The fourth-order valence-corrected chi connectivity index (χ4v) is 3.68. The van der Waals surface area contributed by atoms with Crippen molar-refractivity contribution in [2.24, 2.45) is 5.73 Å². The Morgan fingerprint density at radius 2 is 2.44 bits per heavy atom. The highest BCUT2D eigenvalue weighted by Gasteiger charge is 2.43. The van der Waals surface area contributed by atoms with Crippen molar-refractivity contribution >= 4 is 17.7 Å². The molecule has 16 heavy (non-hydrogen) atoms. The molecule has 1 saturated carbocycles. The molecule has 4 nitrogen and oxygen atoms in total. The van der Waals surface area contributed by atoms with E-state index in [0.717, 1.165) is 25.8 Å². The second kappa shape index (κ2) is 5.89. The third-order valence-corrected chi connectivity index (χ3v) is 4.54. The first-order valence-corrected chi connectivity index (χ1v) is 6.79. The maximum absolute atomic E-state index is 11.5. The van der Waals surface area contributed by atoms with Gasteiger partial charge in [-0.15, -0.1) is 0 Å². The van der Waals surface area contributed by atoms with Crippen molar-refractivity contribution in [2.75, 3.05) is 13.2 Å². The molecule has 3 atom stereocenters. The number of aliphatic hydroxyl groups is 1. The van der Waals surface area contributed by atoms with Crippen molar-refractivity contribution in [3.05, 3.63) is 0 Å². The molecule has 0 saturated heterocycles. The Morgan fingerprint density at radius 1 is 1.75 bits per heavy atom. The molecule has 0 aromatic carbocycles. The van der Waals surface area contributed by atoms with E-state index in [1.807, 2.05) is 13.8 Å². The van der Waals surface area contributed by atoms with Crippen LogP contribution in [0.5, 0.6) is 0 Å². The summed E-state index contributed by atoms with van der Waals surface area (Å²) >= 11 is 1.75. The minimum atomic E-state index is -0.512. The van der Waals surface area contributed by atoms with Crippen LogP contribution in [0.1, 0.15) is 33.1 Å². The summed E-state index contributed by atoms with van der Waals surface area (Å²) in [6.45, 7) is 4.94. The Balaban J connectivity index is 2.56. The number of hydrogen-bond donors (Lipinski definition) is 3. The molecule has 3 unspecified atom stereocenters. The van der Waals surface area contributed by atoms with Gasteiger partial charge in [0, 0.05) is 10.5 Å². The Morgan fingerprint density at radius 3 is 2.94 bits per heavy atom. The van der Waals surface area contributed by atoms with Crippen LogP contribution in [0.3, 0.4) is 0 Å². The van der Waals surface area contributed by atoms with E-state index in [9.17, 15) is 4.79 Å². The number of carbonyl (C=O) groups is 1. The first-order valence-electron chi connectivity index (χ1n) is 5.85. The van der Waals surface area contributed by atoms with Crippen LogP contribution in [0.25, 0.3) is 0 Å². The Hall–Kier alpha value is -0.260. The van der Waals surface area contributed by atoms with Gasteiger partial charge in [-0.3, -0.25) is 4.79 Å². The van der Waals surface area contributed by atoms with Gasteiger partial charge < -0.3 is 16.2 Å². The van der Waals surface area contributed by atoms with E-state index >= 15 is 0 Å². The number of nitrogens with one attached hydrogen (secondary N) is 1. The van der Waals surface area contributed by atoms with E-state index in [0.29, 0.717) is 5.25 Å². The topological polar surface area (TPSA) is 75.3 Å². The summed E-state index contributed by atoms with van der Waals surface area (Å²) in [5, 5.41) is 12.9. The number of nitrogens with two attached hydrogens (primary N) is 1. The van der Waals surface area contributed by atoms with Crippen molar-refractivity contribution in [2.45, 2.75) is 49.1 Å². The number of rotatable bonds is 6. The van der Waals surface area contributed by atoms with Crippen molar-refractivity contribution < 1.29 is 9.90 Å². The van der Waals surface area contributed by atoms with Gasteiger partial charge in [-0.2, -0.15) is 11.8 Å². The van der Waals surface area contributed by atoms with Crippen LogP contribution < -0.4 is 11.1 Å². The van der Waals surface area contributed by atoms with Gasteiger partial charge in [0.25, 0.3) is 0 Å². The van der Waals surface area contributed by atoms with E-state index < -0.39 is 5.54 Å². The number of aliphatic hydroxyl groups excluding tert-OH is 1. The average Bonchev–Trinajstić information content (AvgIpc) is 2.63. The normalized spacial score (nSPS) is 31.6. The van der Waals surface area contributed by atoms with Gasteiger partial charge >= 0.3 is 0 Å². The number of amides is 1. The summed E-state index contributed by atoms with van der Waals surface area (Å²) in [7, 11) is 0. The predicted molar refractivity (Wildman–Crippen MR) is 67.4 cm³/mol. The molecule has 1 aliphatic carbocycles. The molecule has 0 aromatic rings. The molecule has 94 valence electrons. The van der Waals surface area contributed by atoms with Crippen LogP contribution in [0, 0.1) is 0 Å². The standard InChI is InChI=1S/C11H22N2O2S/c1-3-13-11(10(12)15)5-4-9(6-11)16-8(2)7-14/h8-9,13-14H,3-7H2,1-2H3,(H2,12,15). The highest BCUT2D eigenvalue weighted by Crippen LogP contribution is 2.38. The molecular formula is C11H22N2O2S. The average molecular weight is 246 g/mol. The van der Waals surface area contributed by atoms with Crippen LogP contribution in [0.15, 0.2) is 0 Å². The van der Waals surface area contributed by atoms with Gasteiger partial charge in [-0.05, 0) is 25.8 Å². The third kappa shape index (κ3) is 3.12. The summed E-state index contributed by atoms with van der Waals surface area (Å²) < 4.78 is 0. The molecule has 1 amide bonds. The van der Waals surface area contributed by atoms with E-state index in [1.165, 1.54) is 0 Å². The summed E-state index contributed by atoms with van der Waals surface area (Å²) in [5.41, 5.74) is 4.97. The Labute approximate surface area is 101 Å². The van der Waals surface area contributed by atoms with Crippen molar-refractivity contribution in [1.82, 2.24) is 5.32 Å². The molecule has 0 heterocycles. The van der Waals surface area contributed by atoms with Crippen LogP contribution >= 0.6 is 11.8 Å². The second-order valence-corrected chi connectivity index (χ2v) is 6.21. The zero-order valence-electron chi connectivity index (χ0n) is 10.0. The smallest absolute Gasteiger partial charge is 0.237 e. The highest BCUT2D eigenvalue weighted by atomic mass is 32.2. The van der Waals surface area contributed by atoms with Gasteiger partial charge in [0.1, 0.15) is 0 Å². The minimum absolute atomic E-state index is 0.186. The maximum Gasteiger partial charge on any atom is 0.237 e. The monoisotopic (exact) mass is 246 g/mol. The molecule has 1 rings (SSSR count). The largest absolute Gasteiger partial charge is 0.395 e. The van der Waals surface area contributed by atoms with Crippen molar-refractivity contribution in [3.8, 4) is 0 Å². The molecule has 0 radical (unpaired) electrons. The molecule has 1 aliphatic rings. The lowest BCUT2D eigenvalue weighted by atomic mass is 9.97. The molecule has 0 aliphatic heterocycles. The lowest BCUT2D eigenvalue weighted by Gasteiger charge is -2.26. The number of likely N-dealkylation sites (N-methyl/N-ethyl adjacent to an activating group) is 1. The van der Waals surface area contributed by atoms with Gasteiger partial charge in [-0.1, -0.05) is 13.8 Å². The number of primary amides is 1. The van der Waals surface area contributed by atoms with E-state index in [4.69, 9.17) is 10.8 Å². The minimum Gasteiger partial charge on any atom is -0.395 e. The zero-order valence-corrected chi connectivity index (χ0v) is 10.8. The lowest BCUT2D eigenvalue weighted by Crippen LogP contribution is -2.53. The van der Waals surface area contributed by atoms with Crippen LogP contribution in [-0.4, -0.2) is 40.2 Å². The zero-order chi connectivity index (χ0) is 12.2. The van der Waals surface area contributed by atoms with Gasteiger partial charge in [0.15, 0.2) is 0 Å². The summed E-state index contributed by atoms with van der Waals surface area (Å²) in [5.74, 6) is -0.242. The second-order valence-electron chi connectivity index (χ2n) is 4.47. The fourth-order valence-electron chi connectivity index (χ4n) is 2.30. The molecule has 0 spiro atoms. The van der Waals surface area contributed by atoms with E-state index in [2.05, 4.69) is 5.32 Å². The third-order valence-electron chi connectivity index (χ3n) is 3.14. The number of hydrogen-bond acceptors (Lipinski definition) is 4. The van der Waals surface area contributed by atoms with E-state index in [-0.39, 0.29) is 17.8 Å². The molecular weight excluding hydrogens is 224 g/mol. The molecule has 0 bridgehead atoms. The van der Waals surface area contributed by atoms with Crippen molar-refractivity contribution in [3.63, 3.8) is 0 Å². The van der Waals surface area contributed by atoms with Crippen molar-refractivity contribution in [1.29, 1.82) is 0 Å². The molecule has 1 fully saturated rings. The Kier molecular flexibility index (Phi) is 5.08. The molecule has 5 heteroatoms. The predicted octanol–water partition coefficient (Wildman–Crippen LogP) is 0.486. The van der Waals surface area contributed by atoms with Crippen LogP contribution in [0.4, 0.5) is 0 Å². The molecule has 4 N–H and O–H groups in total. The first-order chi connectivity index (χ1) is 7.54. The summed E-state index contributed by atoms with van der Waals surface area (Å²) in [6.07, 6.45) is 2.59. The van der Waals surface area contributed by atoms with Gasteiger partial charge in [0.2, 0.25) is 5.91 Å². The molecule has 0 aromatic heterocycles. The Bertz CT molecular complexity index is 250. The maximum atomic E-state index is 11.5. The quantitative estimate of drug-likeness (QED) is 0.637. The van der Waals surface area contributed by atoms with E-state index in [1.54, 1.807) is 11.8 Å².